The highest BCUT2D eigenvalue weighted by atomic mass is 16.5. The van der Waals surface area contributed by atoms with E-state index in [-0.39, 0.29) is 22.8 Å². The first-order valence-corrected chi connectivity index (χ1v) is 9.88. The lowest BCUT2D eigenvalue weighted by molar-refractivity contribution is 0.0682. The number of nitrogens with one attached hydrogen (secondary N) is 1. The van der Waals surface area contributed by atoms with Gasteiger partial charge in [-0.2, -0.15) is 0 Å². The van der Waals surface area contributed by atoms with Gasteiger partial charge in [-0.3, -0.25) is 0 Å². The average Bonchev–Trinajstić information content (AvgIpc) is 3.14. The minimum atomic E-state index is -1.38. The number of aromatic carboxylic acids is 1. The molecule has 3 aromatic heterocycles. The van der Waals surface area contributed by atoms with E-state index in [1.54, 1.807) is 0 Å². The largest absolute Gasteiger partial charge is 0.477 e. The maximum absolute atomic E-state index is 12.9. The highest BCUT2D eigenvalue weighted by Crippen LogP contribution is 2.29. The van der Waals surface area contributed by atoms with Gasteiger partial charge in [-0.05, 0) is 32.5 Å². The molecule has 0 saturated carbocycles. The van der Waals surface area contributed by atoms with Gasteiger partial charge in [0.2, 0.25) is 0 Å². The minimum absolute atomic E-state index is 0.158. The van der Waals surface area contributed by atoms with Crippen molar-refractivity contribution in [1.82, 2.24) is 24.8 Å². The number of ether oxygens (including phenoxy) is 1. The summed E-state index contributed by atoms with van der Waals surface area (Å²) in [6, 6.07) is 1.85. The number of carbonyl (C=O) groups excluding carboxylic acids is 1. The van der Waals surface area contributed by atoms with Crippen molar-refractivity contribution in [3.05, 3.63) is 35.4 Å². The number of nitrogens with zero attached hydrogens (tertiary/aromatic N) is 4. The maximum Gasteiger partial charge on any atom is 0.345 e. The van der Waals surface area contributed by atoms with Gasteiger partial charge >= 0.3 is 11.9 Å². The molecular weight excluding hydrogens is 402 g/mol. The summed E-state index contributed by atoms with van der Waals surface area (Å²) in [5, 5.41) is 9.42. The van der Waals surface area contributed by atoms with E-state index in [1.165, 1.54) is 25.1 Å². The van der Waals surface area contributed by atoms with Crippen LogP contribution in [0.1, 0.15) is 45.8 Å². The zero-order valence-corrected chi connectivity index (χ0v) is 17.0. The van der Waals surface area contributed by atoms with Gasteiger partial charge in [0.1, 0.15) is 17.2 Å². The number of H-pyrrole nitrogens is 1. The molecule has 3 aromatic rings. The van der Waals surface area contributed by atoms with Crippen molar-refractivity contribution in [3.8, 4) is 5.75 Å². The number of likely N-dealkylation sites (tertiary alicyclic amines) is 1. The highest BCUT2D eigenvalue weighted by Gasteiger charge is 2.24. The molecular formula is C20H23N7O4. The Morgan fingerprint density at radius 2 is 2.13 bits per heavy atom. The molecule has 1 fully saturated rings. The SMILES string of the molecule is CN1CCCCC1Cc1nc2nccc(C(=O)Oc3cnc(N)c(N)c3C(=O)O)c2[nH]1. The van der Waals surface area contributed by atoms with Gasteiger partial charge in [0, 0.05) is 18.7 Å². The zero-order valence-electron chi connectivity index (χ0n) is 17.0. The van der Waals surface area contributed by atoms with Crippen molar-refractivity contribution in [2.24, 2.45) is 0 Å². The molecule has 0 amide bonds. The lowest BCUT2D eigenvalue weighted by Gasteiger charge is -2.31. The molecule has 31 heavy (non-hydrogen) atoms. The number of aromatic amines is 1. The summed E-state index contributed by atoms with van der Waals surface area (Å²) in [4.78, 5) is 42.4. The van der Waals surface area contributed by atoms with Crippen molar-refractivity contribution in [1.29, 1.82) is 0 Å². The van der Waals surface area contributed by atoms with Gasteiger partial charge in [0.15, 0.2) is 11.4 Å². The van der Waals surface area contributed by atoms with Crippen molar-refractivity contribution >= 4 is 34.6 Å². The van der Waals surface area contributed by atoms with Crippen LogP contribution in [0.4, 0.5) is 11.5 Å². The molecule has 0 spiro atoms. The number of anilines is 2. The van der Waals surface area contributed by atoms with Crippen LogP contribution < -0.4 is 16.2 Å². The molecule has 4 heterocycles. The number of aromatic nitrogens is 4. The monoisotopic (exact) mass is 425 g/mol. The van der Waals surface area contributed by atoms with Crippen LogP contribution in [0.25, 0.3) is 11.2 Å². The number of nitrogen functional groups attached to an aromatic ring is 2. The Morgan fingerprint density at radius 3 is 2.87 bits per heavy atom. The average molecular weight is 425 g/mol. The molecule has 1 atom stereocenters. The first-order chi connectivity index (χ1) is 14.8. The number of likely N-dealkylation sites (N-methyl/N-ethyl adjacent to an activating group) is 1. The summed E-state index contributed by atoms with van der Waals surface area (Å²) in [5.74, 6) is -1.89. The van der Waals surface area contributed by atoms with Crippen molar-refractivity contribution in [3.63, 3.8) is 0 Å². The Labute approximate surface area is 177 Å². The lowest BCUT2D eigenvalue weighted by atomic mass is 10.00. The predicted molar refractivity (Wildman–Crippen MR) is 113 cm³/mol. The number of pyridine rings is 2. The van der Waals surface area contributed by atoms with Gasteiger partial charge in [-0.25, -0.2) is 24.5 Å². The van der Waals surface area contributed by atoms with Crippen LogP contribution >= 0.6 is 0 Å². The van der Waals surface area contributed by atoms with Gasteiger partial charge in [0.25, 0.3) is 0 Å². The molecule has 1 unspecified atom stereocenters. The molecule has 11 nitrogen and oxygen atoms in total. The van der Waals surface area contributed by atoms with Crippen LogP contribution in [0.5, 0.6) is 5.75 Å². The topological polar surface area (TPSA) is 173 Å². The number of esters is 1. The zero-order chi connectivity index (χ0) is 22.1. The summed E-state index contributed by atoms with van der Waals surface area (Å²) < 4.78 is 5.31. The molecule has 1 aliphatic rings. The molecule has 0 radical (unpaired) electrons. The van der Waals surface area contributed by atoms with Gasteiger partial charge in [0.05, 0.1) is 23.0 Å². The van der Waals surface area contributed by atoms with E-state index < -0.39 is 17.5 Å². The van der Waals surface area contributed by atoms with E-state index in [0.717, 1.165) is 25.0 Å². The molecule has 1 aliphatic heterocycles. The predicted octanol–water partition coefficient (Wildman–Crippen LogP) is 1.46. The maximum atomic E-state index is 12.9. The Balaban J connectivity index is 1.63. The Kier molecular flexibility index (Phi) is 5.42. The van der Waals surface area contributed by atoms with Crippen LogP contribution in [0.2, 0.25) is 0 Å². The van der Waals surface area contributed by atoms with Gasteiger partial charge < -0.3 is 31.2 Å². The molecule has 6 N–H and O–H groups in total. The van der Waals surface area contributed by atoms with Gasteiger partial charge in [-0.1, -0.05) is 6.42 Å². The molecule has 162 valence electrons. The second-order valence-electron chi connectivity index (χ2n) is 7.57. The second-order valence-corrected chi connectivity index (χ2v) is 7.57. The van der Waals surface area contributed by atoms with E-state index in [2.05, 4.69) is 31.9 Å². The number of carbonyl (C=O) groups is 2. The molecule has 4 rings (SSSR count). The summed E-state index contributed by atoms with van der Waals surface area (Å²) in [7, 11) is 2.10. The van der Waals surface area contributed by atoms with Gasteiger partial charge in [-0.15, -0.1) is 0 Å². The molecule has 0 aliphatic carbocycles. The summed E-state index contributed by atoms with van der Waals surface area (Å²) in [6.45, 7) is 1.05. The fourth-order valence-corrected chi connectivity index (χ4v) is 3.83. The van der Waals surface area contributed by atoms with Crippen LogP contribution in [0.15, 0.2) is 18.5 Å². The van der Waals surface area contributed by atoms with Crippen LogP contribution in [-0.4, -0.2) is 61.5 Å². The number of hydrogen-bond acceptors (Lipinski definition) is 9. The fraction of sp³-hybridized carbons (Fsp3) is 0.350. The number of nitrogens with two attached hydrogens (primary N) is 2. The molecule has 0 aromatic carbocycles. The fourth-order valence-electron chi connectivity index (χ4n) is 3.83. The smallest absolute Gasteiger partial charge is 0.345 e. The lowest BCUT2D eigenvalue weighted by Crippen LogP contribution is -2.37. The van der Waals surface area contributed by atoms with E-state index in [4.69, 9.17) is 16.2 Å². The molecule has 1 saturated heterocycles. The number of imidazole rings is 1. The first kappa shape index (κ1) is 20.5. The van der Waals surface area contributed by atoms with E-state index in [1.807, 2.05) is 0 Å². The molecule has 0 bridgehead atoms. The Bertz CT molecular complexity index is 1160. The number of hydrogen-bond donors (Lipinski definition) is 4. The number of carboxylic acids is 1. The van der Waals surface area contributed by atoms with Crippen molar-refractivity contribution in [2.75, 3.05) is 25.1 Å². The number of rotatable bonds is 5. The Morgan fingerprint density at radius 1 is 1.32 bits per heavy atom. The van der Waals surface area contributed by atoms with Crippen molar-refractivity contribution in [2.45, 2.75) is 31.7 Å². The number of carboxylic acid groups (broad SMARTS) is 1. The molecule has 11 heteroatoms. The number of fused-ring (bicyclic) bond motifs is 1. The minimum Gasteiger partial charge on any atom is -0.477 e. The van der Waals surface area contributed by atoms with E-state index in [9.17, 15) is 14.7 Å². The third kappa shape index (κ3) is 3.99. The standard InChI is InChI=1S/C20H23N7O4/c1-27-7-3-2-4-10(27)8-13-25-16-11(5-6-23-18(16)26-13)20(30)31-12-9-24-17(22)15(21)14(12)19(28)29/h5-6,9-10H,2-4,7-8,21H2,1H3,(H2,22,24)(H,28,29)(H,23,25,26). The number of piperidine rings is 1. The van der Waals surface area contributed by atoms with Crippen LogP contribution in [-0.2, 0) is 6.42 Å². The second kappa shape index (κ2) is 8.19. The summed E-state index contributed by atoms with van der Waals surface area (Å²) >= 11 is 0. The normalized spacial score (nSPS) is 17.0. The third-order valence-electron chi connectivity index (χ3n) is 5.54. The quantitative estimate of drug-likeness (QED) is 0.438. The van der Waals surface area contributed by atoms with Crippen LogP contribution in [0, 0.1) is 0 Å². The van der Waals surface area contributed by atoms with E-state index >= 15 is 0 Å². The van der Waals surface area contributed by atoms with E-state index in [0.29, 0.717) is 23.6 Å². The highest BCUT2D eigenvalue weighted by molar-refractivity contribution is 6.04. The van der Waals surface area contributed by atoms with Crippen LogP contribution in [0.3, 0.4) is 0 Å². The third-order valence-corrected chi connectivity index (χ3v) is 5.54. The Hall–Kier alpha value is -3.73. The summed E-state index contributed by atoms with van der Waals surface area (Å²) in [5.41, 5.74) is 11.6. The van der Waals surface area contributed by atoms with Crippen molar-refractivity contribution < 1.29 is 19.4 Å². The summed E-state index contributed by atoms with van der Waals surface area (Å²) in [6.07, 6.45) is 6.66. The first-order valence-electron chi connectivity index (χ1n) is 9.88.